The molecule has 0 saturated carbocycles. The molecular weight excluding hydrogens is 248 g/mol. The Labute approximate surface area is 113 Å². The van der Waals surface area contributed by atoms with Crippen LogP contribution in [0.1, 0.15) is 31.4 Å². The van der Waals surface area contributed by atoms with Gasteiger partial charge in [-0.2, -0.15) is 0 Å². The van der Waals surface area contributed by atoms with Crippen LogP contribution in [-0.2, 0) is 6.54 Å². The summed E-state index contributed by atoms with van der Waals surface area (Å²) in [6, 6.07) is 2.13. The summed E-state index contributed by atoms with van der Waals surface area (Å²) in [7, 11) is 2.19. The Bertz CT molecular complexity index is 396. The van der Waals surface area contributed by atoms with Gasteiger partial charge in [0.2, 0.25) is 0 Å². The van der Waals surface area contributed by atoms with Crippen molar-refractivity contribution < 1.29 is 0 Å². The number of piperidine rings is 1. The second-order valence-electron chi connectivity index (χ2n) is 5.51. The third kappa shape index (κ3) is 2.66. The molecule has 5 heteroatoms. The Balaban J connectivity index is 1.61. The molecule has 98 valence electrons. The fourth-order valence-corrected chi connectivity index (χ4v) is 3.29. The molecule has 3 rings (SSSR count). The molecule has 4 nitrogen and oxygen atoms in total. The topological polar surface area (TPSA) is 41.1 Å². The number of nitrogens with zero attached hydrogens (tertiary/aromatic N) is 3. The second-order valence-corrected chi connectivity index (χ2v) is 5.90. The lowest BCUT2D eigenvalue weighted by atomic mass is 9.98. The van der Waals surface area contributed by atoms with Gasteiger partial charge >= 0.3 is 0 Å². The van der Waals surface area contributed by atoms with Crippen molar-refractivity contribution in [1.29, 1.82) is 0 Å². The maximum atomic E-state index is 5.75. The lowest BCUT2D eigenvalue weighted by Gasteiger charge is -2.35. The van der Waals surface area contributed by atoms with Gasteiger partial charge in [0, 0.05) is 24.7 Å². The van der Waals surface area contributed by atoms with E-state index in [1.165, 1.54) is 25.7 Å². The number of rotatable bonds is 3. The van der Waals surface area contributed by atoms with Gasteiger partial charge in [-0.15, -0.1) is 0 Å². The van der Waals surface area contributed by atoms with Gasteiger partial charge in [0.15, 0.2) is 0 Å². The van der Waals surface area contributed by atoms with Crippen LogP contribution in [0.2, 0.25) is 5.15 Å². The fourth-order valence-electron chi connectivity index (χ4n) is 3.19. The molecule has 2 unspecified atom stereocenters. The van der Waals surface area contributed by atoms with Crippen molar-refractivity contribution in [3.63, 3.8) is 0 Å². The molecule has 2 bridgehead atoms. The van der Waals surface area contributed by atoms with Crippen LogP contribution < -0.4 is 5.32 Å². The second kappa shape index (κ2) is 5.11. The van der Waals surface area contributed by atoms with Gasteiger partial charge < -0.3 is 5.32 Å². The molecule has 2 fully saturated rings. The lowest BCUT2D eigenvalue weighted by Crippen LogP contribution is -2.46. The molecule has 18 heavy (non-hydrogen) atoms. The highest BCUT2D eigenvalue weighted by atomic mass is 35.5. The largest absolute Gasteiger partial charge is 0.311 e. The molecule has 0 spiro atoms. The van der Waals surface area contributed by atoms with Crippen LogP contribution in [0.4, 0.5) is 0 Å². The predicted octanol–water partition coefficient (Wildman–Crippen LogP) is 1.84. The number of nitrogens with one attached hydrogen (secondary N) is 1. The van der Waals surface area contributed by atoms with Crippen LogP contribution in [0.3, 0.4) is 0 Å². The van der Waals surface area contributed by atoms with E-state index in [4.69, 9.17) is 11.6 Å². The molecule has 1 N–H and O–H groups in total. The highest BCUT2D eigenvalue weighted by Gasteiger charge is 2.34. The molecule has 0 amide bonds. The highest BCUT2D eigenvalue weighted by Crippen LogP contribution is 2.29. The third-order valence-corrected chi connectivity index (χ3v) is 4.35. The van der Waals surface area contributed by atoms with E-state index >= 15 is 0 Å². The minimum absolute atomic E-state index is 0.460. The first kappa shape index (κ1) is 12.3. The van der Waals surface area contributed by atoms with Crippen LogP contribution in [-0.4, -0.2) is 40.0 Å². The molecule has 0 radical (unpaired) electrons. The third-order valence-electron chi connectivity index (χ3n) is 4.16. The number of halogens is 1. The quantitative estimate of drug-likeness (QED) is 0.907. The zero-order valence-corrected chi connectivity index (χ0v) is 11.4. The smallest absolute Gasteiger partial charge is 0.147 e. The van der Waals surface area contributed by atoms with E-state index in [2.05, 4.69) is 27.2 Å². The maximum Gasteiger partial charge on any atom is 0.147 e. The average Bonchev–Trinajstić information content (AvgIpc) is 2.71. The van der Waals surface area contributed by atoms with Gasteiger partial charge in [0.05, 0.1) is 18.1 Å². The van der Waals surface area contributed by atoms with Crippen LogP contribution in [0.25, 0.3) is 0 Å². The van der Waals surface area contributed by atoms with Crippen LogP contribution in [0.15, 0.2) is 12.4 Å². The standard InChI is InChI=1S/C13H19ClN4/c1-18(8-11-6-16-13(14)7-15-11)12-4-9-2-3-10(5-12)17-9/h6-7,9-10,12,17H,2-5,8H2,1H3. The highest BCUT2D eigenvalue weighted by molar-refractivity contribution is 6.29. The summed E-state index contributed by atoms with van der Waals surface area (Å²) in [5.41, 5.74) is 0.993. The van der Waals surface area contributed by atoms with Crippen molar-refractivity contribution in [2.75, 3.05) is 7.05 Å². The van der Waals surface area contributed by atoms with E-state index in [1.807, 2.05) is 0 Å². The Morgan fingerprint density at radius 2 is 2.00 bits per heavy atom. The fraction of sp³-hybridized carbons (Fsp3) is 0.692. The Morgan fingerprint density at radius 3 is 2.61 bits per heavy atom. The number of hydrogen-bond donors (Lipinski definition) is 1. The van der Waals surface area contributed by atoms with E-state index < -0.39 is 0 Å². The molecule has 2 saturated heterocycles. The van der Waals surface area contributed by atoms with Crippen molar-refractivity contribution in [2.24, 2.45) is 0 Å². The summed E-state index contributed by atoms with van der Waals surface area (Å²) >= 11 is 5.75. The summed E-state index contributed by atoms with van der Waals surface area (Å²) in [4.78, 5) is 10.8. The Morgan fingerprint density at radius 1 is 1.28 bits per heavy atom. The predicted molar refractivity (Wildman–Crippen MR) is 71.5 cm³/mol. The summed E-state index contributed by atoms with van der Waals surface area (Å²) in [5.74, 6) is 0. The summed E-state index contributed by atoms with van der Waals surface area (Å²) in [6.07, 6.45) is 8.60. The molecule has 1 aromatic rings. The normalized spacial score (nSPS) is 30.9. The van der Waals surface area contributed by atoms with Crippen LogP contribution >= 0.6 is 11.6 Å². The van der Waals surface area contributed by atoms with Gasteiger partial charge in [-0.25, -0.2) is 4.98 Å². The molecule has 0 aliphatic carbocycles. The van der Waals surface area contributed by atoms with Crippen molar-refractivity contribution in [2.45, 2.75) is 50.4 Å². The van der Waals surface area contributed by atoms with E-state index in [1.54, 1.807) is 12.4 Å². The van der Waals surface area contributed by atoms with Crippen molar-refractivity contribution in [3.8, 4) is 0 Å². The zero-order chi connectivity index (χ0) is 12.5. The van der Waals surface area contributed by atoms with Crippen LogP contribution in [0.5, 0.6) is 0 Å². The van der Waals surface area contributed by atoms with Gasteiger partial charge in [0.25, 0.3) is 0 Å². The van der Waals surface area contributed by atoms with Crippen molar-refractivity contribution in [1.82, 2.24) is 20.2 Å². The number of hydrogen-bond acceptors (Lipinski definition) is 4. The van der Waals surface area contributed by atoms with E-state index in [0.717, 1.165) is 24.3 Å². The monoisotopic (exact) mass is 266 g/mol. The first-order valence-corrected chi connectivity index (χ1v) is 7.01. The SMILES string of the molecule is CN(Cc1cnc(Cl)cn1)C1CC2CCC(C1)N2. The van der Waals surface area contributed by atoms with Crippen LogP contribution in [0, 0.1) is 0 Å². The summed E-state index contributed by atoms with van der Waals surface area (Å²) in [5, 5.41) is 4.13. The van der Waals surface area contributed by atoms with Gasteiger partial charge in [-0.1, -0.05) is 11.6 Å². The van der Waals surface area contributed by atoms with Gasteiger partial charge in [-0.05, 0) is 32.7 Å². The molecule has 0 aromatic carbocycles. The van der Waals surface area contributed by atoms with Gasteiger partial charge in [0.1, 0.15) is 5.15 Å². The summed E-state index contributed by atoms with van der Waals surface area (Å²) in [6.45, 7) is 0.855. The van der Waals surface area contributed by atoms with E-state index in [9.17, 15) is 0 Å². The number of aromatic nitrogens is 2. The molecule has 3 heterocycles. The number of fused-ring (bicyclic) bond motifs is 2. The Hall–Kier alpha value is -0.710. The molecule has 1 aromatic heterocycles. The van der Waals surface area contributed by atoms with Crippen molar-refractivity contribution in [3.05, 3.63) is 23.2 Å². The Kier molecular flexibility index (Phi) is 3.50. The average molecular weight is 267 g/mol. The molecule has 2 aliphatic heterocycles. The summed E-state index contributed by atoms with van der Waals surface area (Å²) < 4.78 is 0. The first-order valence-electron chi connectivity index (χ1n) is 6.63. The minimum atomic E-state index is 0.460. The first-order chi connectivity index (χ1) is 8.70. The van der Waals surface area contributed by atoms with Gasteiger partial charge in [-0.3, -0.25) is 9.88 Å². The van der Waals surface area contributed by atoms with E-state index in [0.29, 0.717) is 11.2 Å². The van der Waals surface area contributed by atoms with Crippen molar-refractivity contribution >= 4 is 11.6 Å². The molecule has 2 aliphatic rings. The molecule has 2 atom stereocenters. The minimum Gasteiger partial charge on any atom is -0.311 e. The maximum absolute atomic E-state index is 5.75. The molecular formula is C13H19ClN4. The van der Waals surface area contributed by atoms with E-state index in [-0.39, 0.29) is 0 Å². The zero-order valence-electron chi connectivity index (χ0n) is 10.6. The lowest BCUT2D eigenvalue weighted by molar-refractivity contribution is 0.164.